The number of nitrogens with one attached hydrogen (secondary N) is 1. The summed E-state index contributed by atoms with van der Waals surface area (Å²) in [4.78, 5) is 18.0. The second-order valence-electron chi connectivity index (χ2n) is 8.59. The molecule has 0 aliphatic rings. The maximum atomic E-state index is 13.3. The summed E-state index contributed by atoms with van der Waals surface area (Å²) in [6, 6.07) is 23.8. The highest BCUT2D eigenvalue weighted by atomic mass is 19.1. The highest BCUT2D eigenvalue weighted by Gasteiger charge is 2.16. The molecule has 0 saturated heterocycles. The molecule has 0 spiro atoms. The lowest BCUT2D eigenvalue weighted by Gasteiger charge is -2.22. The van der Waals surface area contributed by atoms with E-state index in [0.717, 1.165) is 27.8 Å². The Hall–Kier alpha value is -4.37. The molecule has 0 radical (unpaired) electrons. The number of methoxy groups -OCH3 is 1. The van der Waals surface area contributed by atoms with Crippen LogP contribution in [0.5, 0.6) is 5.75 Å². The Morgan fingerprint density at radius 1 is 0.944 bits per heavy atom. The van der Waals surface area contributed by atoms with Crippen molar-refractivity contribution < 1.29 is 9.13 Å². The summed E-state index contributed by atoms with van der Waals surface area (Å²) < 4.78 is 20.4. The minimum Gasteiger partial charge on any atom is -0.497 e. The van der Waals surface area contributed by atoms with Crippen LogP contribution in [0.15, 0.2) is 83.7 Å². The Labute approximate surface area is 207 Å². The summed E-state index contributed by atoms with van der Waals surface area (Å²) in [6.45, 7) is 1.82. The Kier molecular flexibility index (Phi) is 6.81. The van der Waals surface area contributed by atoms with Gasteiger partial charge < -0.3 is 9.72 Å². The van der Waals surface area contributed by atoms with Gasteiger partial charge in [0, 0.05) is 29.6 Å². The summed E-state index contributed by atoms with van der Waals surface area (Å²) in [5, 5.41) is 13.1. The first kappa shape index (κ1) is 23.4. The number of pyridine rings is 1. The molecule has 1 N–H and O–H groups in total. The number of aromatic amines is 1. The maximum Gasteiger partial charge on any atom is 0.252 e. The van der Waals surface area contributed by atoms with Gasteiger partial charge in [-0.2, -0.15) is 0 Å². The van der Waals surface area contributed by atoms with Crippen LogP contribution in [0.4, 0.5) is 4.39 Å². The Morgan fingerprint density at radius 3 is 2.53 bits per heavy atom. The lowest BCUT2D eigenvalue weighted by Crippen LogP contribution is -2.28. The molecule has 182 valence electrons. The van der Waals surface area contributed by atoms with E-state index in [1.54, 1.807) is 23.9 Å². The quantitative estimate of drug-likeness (QED) is 0.341. The molecule has 0 fully saturated rings. The number of halogens is 1. The van der Waals surface area contributed by atoms with Crippen molar-refractivity contribution in [1.82, 2.24) is 30.1 Å². The Balaban J connectivity index is 1.43. The third kappa shape index (κ3) is 5.47. The van der Waals surface area contributed by atoms with Gasteiger partial charge in [0.2, 0.25) is 0 Å². The van der Waals surface area contributed by atoms with E-state index in [9.17, 15) is 9.18 Å². The van der Waals surface area contributed by atoms with Crippen LogP contribution >= 0.6 is 0 Å². The fourth-order valence-corrected chi connectivity index (χ4v) is 4.15. The molecule has 9 heteroatoms. The number of aromatic nitrogens is 5. The molecule has 36 heavy (non-hydrogen) atoms. The van der Waals surface area contributed by atoms with Crippen LogP contribution in [0.3, 0.4) is 0 Å². The van der Waals surface area contributed by atoms with Crippen molar-refractivity contribution in [3.8, 4) is 5.75 Å². The van der Waals surface area contributed by atoms with E-state index in [1.165, 1.54) is 12.1 Å². The van der Waals surface area contributed by atoms with Crippen molar-refractivity contribution in [1.29, 1.82) is 0 Å². The molecule has 8 nitrogen and oxygen atoms in total. The first-order valence-corrected chi connectivity index (χ1v) is 11.5. The largest absolute Gasteiger partial charge is 0.497 e. The van der Waals surface area contributed by atoms with Crippen LogP contribution in [0, 0.1) is 5.82 Å². The van der Waals surface area contributed by atoms with E-state index in [0.29, 0.717) is 37.6 Å². The van der Waals surface area contributed by atoms with Crippen molar-refractivity contribution >= 4 is 10.9 Å². The molecule has 3 aromatic carbocycles. The maximum absolute atomic E-state index is 13.3. The molecule has 5 rings (SSSR count). The number of nitrogens with zero attached hydrogens (tertiary/aromatic N) is 5. The average Bonchev–Trinajstić information content (AvgIpc) is 3.32. The van der Waals surface area contributed by atoms with Gasteiger partial charge in [0.05, 0.1) is 20.2 Å². The molecule has 0 aliphatic carbocycles. The molecule has 5 aromatic rings. The van der Waals surface area contributed by atoms with Crippen LogP contribution in [-0.4, -0.2) is 37.2 Å². The molecular formula is C27H25FN6O2. The normalized spacial score (nSPS) is 11.3. The molecule has 2 aromatic heterocycles. The van der Waals surface area contributed by atoms with Crippen LogP contribution in [0.25, 0.3) is 10.9 Å². The SMILES string of the molecule is COc1ccc2[nH]c(=O)c(CN(Cc3ccccc3)Cc3nnnn3Cc3ccc(F)cc3)cc2c1. The number of hydrogen-bond acceptors (Lipinski definition) is 6. The fraction of sp³-hybridized carbons (Fsp3) is 0.185. The first-order valence-electron chi connectivity index (χ1n) is 11.5. The van der Waals surface area contributed by atoms with Gasteiger partial charge in [0.1, 0.15) is 11.6 Å². The molecule has 2 heterocycles. The van der Waals surface area contributed by atoms with E-state index in [2.05, 4.69) is 25.4 Å². The van der Waals surface area contributed by atoms with Gasteiger partial charge in [-0.15, -0.1) is 5.10 Å². The minimum absolute atomic E-state index is 0.142. The molecule has 0 unspecified atom stereocenters. The zero-order valence-corrected chi connectivity index (χ0v) is 19.8. The number of fused-ring (bicyclic) bond motifs is 1. The second-order valence-corrected chi connectivity index (χ2v) is 8.59. The van der Waals surface area contributed by atoms with Gasteiger partial charge in [0.25, 0.3) is 5.56 Å². The summed E-state index contributed by atoms with van der Waals surface area (Å²) in [5.41, 5.74) is 3.23. The summed E-state index contributed by atoms with van der Waals surface area (Å²) in [6.07, 6.45) is 0. The van der Waals surface area contributed by atoms with Gasteiger partial charge in [-0.3, -0.25) is 9.69 Å². The third-order valence-corrected chi connectivity index (χ3v) is 5.99. The van der Waals surface area contributed by atoms with E-state index < -0.39 is 0 Å². The molecule has 0 bridgehead atoms. The van der Waals surface area contributed by atoms with Crippen LogP contribution in [-0.2, 0) is 26.2 Å². The number of hydrogen-bond donors (Lipinski definition) is 1. The Morgan fingerprint density at radius 2 is 1.75 bits per heavy atom. The fourth-order valence-electron chi connectivity index (χ4n) is 4.15. The standard InChI is InChI=1S/C27H25FN6O2/c1-36-24-11-12-25-21(14-24)13-22(27(35)29-25)17-33(15-19-5-3-2-4-6-19)18-26-30-31-32-34(26)16-20-7-9-23(28)10-8-20/h2-14H,15-18H2,1H3,(H,29,35). The zero-order valence-electron chi connectivity index (χ0n) is 19.8. The first-order chi connectivity index (χ1) is 17.6. The topological polar surface area (TPSA) is 88.9 Å². The summed E-state index contributed by atoms with van der Waals surface area (Å²) in [7, 11) is 1.62. The van der Waals surface area contributed by atoms with Gasteiger partial charge in [-0.1, -0.05) is 42.5 Å². The molecule has 0 amide bonds. The van der Waals surface area contributed by atoms with E-state index in [1.807, 2.05) is 54.6 Å². The number of benzene rings is 3. The number of H-pyrrole nitrogens is 1. The van der Waals surface area contributed by atoms with Crippen LogP contribution < -0.4 is 10.3 Å². The molecule has 0 aliphatic heterocycles. The van der Waals surface area contributed by atoms with Crippen LogP contribution in [0.1, 0.15) is 22.5 Å². The van der Waals surface area contributed by atoms with Gasteiger partial charge in [-0.25, -0.2) is 9.07 Å². The lowest BCUT2D eigenvalue weighted by atomic mass is 10.1. The molecule has 0 saturated carbocycles. The lowest BCUT2D eigenvalue weighted by molar-refractivity contribution is 0.236. The van der Waals surface area contributed by atoms with Gasteiger partial charge in [-0.05, 0) is 58.0 Å². The zero-order chi connectivity index (χ0) is 24.9. The second kappa shape index (κ2) is 10.5. The third-order valence-electron chi connectivity index (χ3n) is 5.99. The average molecular weight is 485 g/mol. The van der Waals surface area contributed by atoms with Crippen molar-refractivity contribution in [2.45, 2.75) is 26.2 Å². The number of ether oxygens (including phenoxy) is 1. The number of rotatable bonds is 9. The predicted molar refractivity (Wildman–Crippen MR) is 134 cm³/mol. The van der Waals surface area contributed by atoms with Crippen molar-refractivity contribution in [3.63, 3.8) is 0 Å². The summed E-state index contributed by atoms with van der Waals surface area (Å²) >= 11 is 0. The predicted octanol–water partition coefficient (Wildman–Crippen LogP) is 3.91. The minimum atomic E-state index is -0.289. The van der Waals surface area contributed by atoms with Crippen molar-refractivity contribution in [2.75, 3.05) is 7.11 Å². The highest BCUT2D eigenvalue weighted by molar-refractivity contribution is 5.80. The van der Waals surface area contributed by atoms with E-state index >= 15 is 0 Å². The van der Waals surface area contributed by atoms with Crippen molar-refractivity contribution in [2.24, 2.45) is 0 Å². The highest BCUT2D eigenvalue weighted by Crippen LogP contribution is 2.20. The monoisotopic (exact) mass is 484 g/mol. The summed E-state index contributed by atoms with van der Waals surface area (Å²) in [5.74, 6) is 1.08. The van der Waals surface area contributed by atoms with Crippen LogP contribution in [0.2, 0.25) is 0 Å². The molecular weight excluding hydrogens is 459 g/mol. The van der Waals surface area contributed by atoms with Gasteiger partial charge in [0.15, 0.2) is 5.82 Å². The van der Waals surface area contributed by atoms with Gasteiger partial charge >= 0.3 is 0 Å². The smallest absolute Gasteiger partial charge is 0.252 e. The van der Waals surface area contributed by atoms with E-state index in [4.69, 9.17) is 4.74 Å². The molecule has 0 atom stereocenters. The van der Waals surface area contributed by atoms with E-state index in [-0.39, 0.29) is 11.4 Å². The Bertz CT molecular complexity index is 1520. The van der Waals surface area contributed by atoms with Crippen molar-refractivity contribution in [3.05, 3.63) is 118 Å². The number of tetrazole rings is 1.